The fourth-order valence-electron chi connectivity index (χ4n) is 2.90. The van der Waals surface area contributed by atoms with Crippen LogP contribution in [0.2, 0.25) is 0 Å². The van der Waals surface area contributed by atoms with Crippen LogP contribution in [0.5, 0.6) is 0 Å². The third-order valence-electron chi connectivity index (χ3n) is 3.99. The molecular formula is C16H18N2O2. The molecule has 0 spiro atoms. The van der Waals surface area contributed by atoms with Crippen molar-refractivity contribution in [2.75, 3.05) is 19.7 Å². The van der Waals surface area contributed by atoms with Gasteiger partial charge in [0.2, 0.25) is 0 Å². The van der Waals surface area contributed by atoms with Gasteiger partial charge in [0.05, 0.1) is 5.52 Å². The first-order valence-electron chi connectivity index (χ1n) is 7.03. The van der Waals surface area contributed by atoms with Gasteiger partial charge in [0.25, 0.3) is 5.91 Å². The molecule has 20 heavy (non-hydrogen) atoms. The summed E-state index contributed by atoms with van der Waals surface area (Å²) in [5, 5.41) is 9.91. The molecule has 0 radical (unpaired) electrons. The normalized spacial score (nSPS) is 18.6. The zero-order valence-corrected chi connectivity index (χ0v) is 11.3. The highest BCUT2D eigenvalue weighted by Gasteiger charge is 2.27. The Hall–Kier alpha value is -1.94. The van der Waals surface area contributed by atoms with Gasteiger partial charge in [-0.25, -0.2) is 0 Å². The van der Waals surface area contributed by atoms with E-state index < -0.39 is 0 Å². The summed E-state index contributed by atoms with van der Waals surface area (Å²) in [4.78, 5) is 18.8. The van der Waals surface area contributed by atoms with Gasteiger partial charge in [-0.2, -0.15) is 0 Å². The highest BCUT2D eigenvalue weighted by Crippen LogP contribution is 2.24. The number of carbonyl (C=O) groups is 1. The molecule has 1 atom stereocenters. The van der Waals surface area contributed by atoms with Crippen molar-refractivity contribution in [3.63, 3.8) is 0 Å². The third kappa shape index (κ3) is 2.39. The highest BCUT2D eigenvalue weighted by atomic mass is 16.3. The molecule has 1 aromatic carbocycles. The Morgan fingerprint density at radius 2 is 2.25 bits per heavy atom. The SMILES string of the molecule is O=C(c1cccc2ncccc12)N1CCC(CCO)C1. The molecule has 104 valence electrons. The number of hydrogen-bond acceptors (Lipinski definition) is 3. The molecular weight excluding hydrogens is 252 g/mol. The van der Waals surface area contributed by atoms with Crippen molar-refractivity contribution in [1.29, 1.82) is 0 Å². The van der Waals surface area contributed by atoms with Crippen LogP contribution in [-0.4, -0.2) is 40.6 Å². The summed E-state index contributed by atoms with van der Waals surface area (Å²) in [5.41, 5.74) is 1.57. The second-order valence-corrected chi connectivity index (χ2v) is 5.29. The summed E-state index contributed by atoms with van der Waals surface area (Å²) in [7, 11) is 0. The molecule has 1 saturated heterocycles. The van der Waals surface area contributed by atoms with Crippen molar-refractivity contribution < 1.29 is 9.90 Å². The van der Waals surface area contributed by atoms with E-state index in [1.165, 1.54) is 0 Å². The average molecular weight is 270 g/mol. The van der Waals surface area contributed by atoms with Crippen molar-refractivity contribution in [3.05, 3.63) is 42.1 Å². The van der Waals surface area contributed by atoms with Gasteiger partial charge in [-0.05, 0) is 37.0 Å². The predicted octanol–water partition coefficient (Wildman–Crippen LogP) is 2.08. The average Bonchev–Trinajstić information content (AvgIpc) is 2.95. The minimum atomic E-state index is 0.0732. The van der Waals surface area contributed by atoms with Gasteiger partial charge in [0, 0.05) is 36.8 Å². The number of pyridine rings is 1. The van der Waals surface area contributed by atoms with Gasteiger partial charge < -0.3 is 10.0 Å². The monoisotopic (exact) mass is 270 g/mol. The van der Waals surface area contributed by atoms with Gasteiger partial charge in [0.1, 0.15) is 0 Å². The van der Waals surface area contributed by atoms with E-state index in [2.05, 4.69) is 4.98 Å². The maximum atomic E-state index is 12.6. The van der Waals surface area contributed by atoms with Crippen molar-refractivity contribution in [2.24, 2.45) is 5.92 Å². The van der Waals surface area contributed by atoms with E-state index in [0.717, 1.165) is 42.4 Å². The number of likely N-dealkylation sites (tertiary alicyclic amines) is 1. The van der Waals surface area contributed by atoms with Crippen LogP contribution in [0.4, 0.5) is 0 Å². The minimum absolute atomic E-state index is 0.0732. The molecule has 1 aliphatic rings. The minimum Gasteiger partial charge on any atom is -0.396 e. The Bertz CT molecular complexity index is 621. The number of benzene rings is 1. The van der Waals surface area contributed by atoms with E-state index in [4.69, 9.17) is 5.11 Å². The van der Waals surface area contributed by atoms with Gasteiger partial charge in [0.15, 0.2) is 0 Å². The van der Waals surface area contributed by atoms with E-state index in [0.29, 0.717) is 5.92 Å². The summed E-state index contributed by atoms with van der Waals surface area (Å²) >= 11 is 0. The lowest BCUT2D eigenvalue weighted by molar-refractivity contribution is 0.0786. The molecule has 0 aliphatic carbocycles. The van der Waals surface area contributed by atoms with Gasteiger partial charge in [-0.1, -0.05) is 12.1 Å². The molecule has 1 unspecified atom stereocenters. The second kappa shape index (κ2) is 5.59. The number of fused-ring (bicyclic) bond motifs is 1. The van der Waals surface area contributed by atoms with Crippen LogP contribution in [-0.2, 0) is 0 Å². The molecule has 0 saturated carbocycles. The summed E-state index contributed by atoms with van der Waals surface area (Å²) in [5.74, 6) is 0.501. The highest BCUT2D eigenvalue weighted by molar-refractivity contribution is 6.06. The van der Waals surface area contributed by atoms with Crippen LogP contribution < -0.4 is 0 Å². The van der Waals surface area contributed by atoms with Gasteiger partial charge >= 0.3 is 0 Å². The number of amides is 1. The Balaban J connectivity index is 1.86. The quantitative estimate of drug-likeness (QED) is 0.929. The molecule has 1 amide bonds. The summed E-state index contributed by atoms with van der Waals surface area (Å²) < 4.78 is 0. The van der Waals surface area contributed by atoms with Crippen molar-refractivity contribution in [3.8, 4) is 0 Å². The molecule has 1 aliphatic heterocycles. The summed E-state index contributed by atoms with van der Waals surface area (Å²) in [6, 6.07) is 9.47. The molecule has 4 heteroatoms. The van der Waals surface area contributed by atoms with Crippen LogP contribution in [0.15, 0.2) is 36.5 Å². The van der Waals surface area contributed by atoms with Crippen LogP contribution in [0.3, 0.4) is 0 Å². The Labute approximate surface area is 118 Å². The smallest absolute Gasteiger partial charge is 0.254 e. The van der Waals surface area contributed by atoms with Crippen LogP contribution in [0, 0.1) is 5.92 Å². The van der Waals surface area contributed by atoms with Crippen molar-refractivity contribution >= 4 is 16.8 Å². The number of aliphatic hydroxyl groups is 1. The molecule has 2 heterocycles. The Morgan fingerprint density at radius 3 is 3.10 bits per heavy atom. The zero-order valence-electron chi connectivity index (χ0n) is 11.3. The number of nitrogens with zero attached hydrogens (tertiary/aromatic N) is 2. The second-order valence-electron chi connectivity index (χ2n) is 5.29. The van der Waals surface area contributed by atoms with Gasteiger partial charge in [-0.3, -0.25) is 9.78 Å². The molecule has 3 rings (SSSR count). The lowest BCUT2D eigenvalue weighted by atomic mass is 10.1. The zero-order chi connectivity index (χ0) is 13.9. The van der Waals surface area contributed by atoms with Gasteiger partial charge in [-0.15, -0.1) is 0 Å². The number of rotatable bonds is 3. The first kappa shape index (κ1) is 13.1. The van der Waals surface area contributed by atoms with Crippen LogP contribution >= 0.6 is 0 Å². The third-order valence-corrected chi connectivity index (χ3v) is 3.99. The molecule has 0 bridgehead atoms. The van der Waals surface area contributed by atoms with E-state index in [-0.39, 0.29) is 12.5 Å². The van der Waals surface area contributed by atoms with Crippen molar-refractivity contribution in [2.45, 2.75) is 12.8 Å². The standard InChI is InChI=1S/C16H18N2O2/c19-10-7-12-6-9-18(11-12)16(20)14-3-1-5-15-13(14)4-2-8-17-15/h1-5,8,12,19H,6-7,9-11H2. The molecule has 1 N–H and O–H groups in total. The molecule has 1 aromatic heterocycles. The predicted molar refractivity (Wildman–Crippen MR) is 77.5 cm³/mol. The van der Waals surface area contributed by atoms with Crippen LogP contribution in [0.1, 0.15) is 23.2 Å². The largest absolute Gasteiger partial charge is 0.396 e. The topological polar surface area (TPSA) is 53.4 Å². The lowest BCUT2D eigenvalue weighted by Gasteiger charge is -2.17. The maximum absolute atomic E-state index is 12.6. The van der Waals surface area contributed by atoms with E-state index in [1.54, 1.807) is 6.20 Å². The molecule has 2 aromatic rings. The van der Waals surface area contributed by atoms with Crippen molar-refractivity contribution in [1.82, 2.24) is 9.88 Å². The van der Waals surface area contributed by atoms with E-state index in [1.807, 2.05) is 35.2 Å². The molecule has 1 fully saturated rings. The lowest BCUT2D eigenvalue weighted by Crippen LogP contribution is -2.29. The number of aliphatic hydroxyl groups excluding tert-OH is 1. The number of aromatic nitrogens is 1. The summed E-state index contributed by atoms with van der Waals surface area (Å²) in [6.45, 7) is 1.72. The molecule has 4 nitrogen and oxygen atoms in total. The Morgan fingerprint density at radius 1 is 1.35 bits per heavy atom. The van der Waals surface area contributed by atoms with E-state index >= 15 is 0 Å². The Kier molecular flexibility index (Phi) is 3.65. The van der Waals surface area contributed by atoms with E-state index in [9.17, 15) is 4.79 Å². The first-order valence-corrected chi connectivity index (χ1v) is 7.03. The maximum Gasteiger partial charge on any atom is 0.254 e. The fourth-order valence-corrected chi connectivity index (χ4v) is 2.90. The number of carbonyl (C=O) groups excluding carboxylic acids is 1. The first-order chi connectivity index (χ1) is 9.79. The fraction of sp³-hybridized carbons (Fsp3) is 0.375. The summed E-state index contributed by atoms with van der Waals surface area (Å²) in [6.07, 6.45) is 3.50. The van der Waals surface area contributed by atoms with Crippen LogP contribution in [0.25, 0.3) is 10.9 Å². The number of hydrogen-bond donors (Lipinski definition) is 1.